The van der Waals surface area contributed by atoms with E-state index in [-0.39, 0.29) is 11.8 Å². The fourth-order valence-corrected chi connectivity index (χ4v) is 3.16. The third-order valence-corrected chi connectivity index (χ3v) is 4.41. The molecule has 1 fully saturated rings. The van der Waals surface area contributed by atoms with E-state index in [0.29, 0.717) is 42.9 Å². The number of aliphatic hydroxyl groups excluding tert-OH is 1. The van der Waals surface area contributed by atoms with Gasteiger partial charge in [-0.2, -0.15) is 5.10 Å². The number of hydrogen-bond acceptors (Lipinski definition) is 5. The maximum atomic E-state index is 12.7. The molecule has 2 aromatic heterocycles. The highest BCUT2D eigenvalue weighted by atomic mass is 16.5. The van der Waals surface area contributed by atoms with E-state index in [1.165, 1.54) is 0 Å². The van der Waals surface area contributed by atoms with Gasteiger partial charge >= 0.3 is 0 Å². The van der Waals surface area contributed by atoms with Crippen LogP contribution in [-0.2, 0) is 12.8 Å². The molecule has 0 aromatic carbocycles. The van der Waals surface area contributed by atoms with Crippen molar-refractivity contribution in [3.05, 3.63) is 34.5 Å². The van der Waals surface area contributed by atoms with Crippen LogP contribution in [-0.4, -0.2) is 50.5 Å². The Labute approximate surface area is 134 Å². The number of amides is 1. The number of aliphatic hydroxyl groups is 1. The zero-order valence-electron chi connectivity index (χ0n) is 13.7. The van der Waals surface area contributed by atoms with E-state index in [0.717, 1.165) is 11.4 Å². The molecule has 0 spiro atoms. The van der Waals surface area contributed by atoms with Crippen LogP contribution in [0.5, 0.6) is 0 Å². The van der Waals surface area contributed by atoms with Gasteiger partial charge in [-0.1, -0.05) is 12.1 Å². The first kappa shape index (κ1) is 15.7. The Morgan fingerprint density at radius 3 is 2.91 bits per heavy atom. The highest BCUT2D eigenvalue weighted by Crippen LogP contribution is 2.25. The van der Waals surface area contributed by atoms with Gasteiger partial charge in [0.2, 0.25) is 0 Å². The highest BCUT2D eigenvalue weighted by Gasteiger charge is 2.36. The molecule has 2 aromatic rings. The Kier molecular flexibility index (Phi) is 4.21. The first-order valence-electron chi connectivity index (χ1n) is 7.93. The Hall–Kier alpha value is -2.15. The largest absolute Gasteiger partial charge is 0.391 e. The number of likely N-dealkylation sites (tertiary alicyclic amines) is 1. The SMILES string of the molecule is CCc1noc(C)c1C(=O)N1C[C@@H](Cc2cc(C)[nH]n2)[C@H](O)C1. The molecular formula is C16H22N4O3. The minimum atomic E-state index is -0.541. The molecule has 0 radical (unpaired) electrons. The Balaban J connectivity index is 1.72. The molecule has 0 aliphatic carbocycles. The van der Waals surface area contributed by atoms with Gasteiger partial charge in [-0.25, -0.2) is 0 Å². The normalized spacial score (nSPS) is 21.1. The van der Waals surface area contributed by atoms with Crippen LogP contribution in [0.2, 0.25) is 0 Å². The number of nitrogens with one attached hydrogen (secondary N) is 1. The Morgan fingerprint density at radius 1 is 1.48 bits per heavy atom. The van der Waals surface area contributed by atoms with Crippen molar-refractivity contribution >= 4 is 5.91 Å². The fourth-order valence-electron chi connectivity index (χ4n) is 3.16. The summed E-state index contributed by atoms with van der Waals surface area (Å²) < 4.78 is 5.15. The molecule has 0 unspecified atom stereocenters. The van der Waals surface area contributed by atoms with E-state index in [9.17, 15) is 9.90 Å². The predicted molar refractivity (Wildman–Crippen MR) is 83.0 cm³/mol. The molecule has 3 heterocycles. The standard InChI is InChI=1S/C16H22N4O3/c1-4-13-15(10(3)23-19-13)16(22)20-7-11(14(21)8-20)6-12-5-9(2)17-18-12/h5,11,14,21H,4,6-8H2,1-3H3,(H,17,18)/t11-,14-/m1/s1. The van der Waals surface area contributed by atoms with Crippen molar-refractivity contribution in [1.82, 2.24) is 20.3 Å². The lowest BCUT2D eigenvalue weighted by molar-refractivity contribution is 0.0762. The molecule has 0 bridgehead atoms. The average Bonchev–Trinajstić information content (AvgIpc) is 3.19. The summed E-state index contributed by atoms with van der Waals surface area (Å²) in [6, 6.07) is 1.97. The van der Waals surface area contributed by atoms with E-state index in [2.05, 4.69) is 15.4 Å². The number of carbonyl (C=O) groups excluding carboxylic acids is 1. The van der Waals surface area contributed by atoms with Gasteiger partial charge in [0.25, 0.3) is 5.91 Å². The lowest BCUT2D eigenvalue weighted by Gasteiger charge is -2.15. The number of H-pyrrole nitrogens is 1. The second-order valence-electron chi connectivity index (χ2n) is 6.20. The van der Waals surface area contributed by atoms with Gasteiger partial charge in [-0.15, -0.1) is 0 Å². The van der Waals surface area contributed by atoms with Crippen LogP contribution in [0.15, 0.2) is 10.6 Å². The second-order valence-corrected chi connectivity index (χ2v) is 6.20. The van der Waals surface area contributed by atoms with Crippen molar-refractivity contribution in [2.75, 3.05) is 13.1 Å². The number of aromatic nitrogens is 3. The molecule has 2 atom stereocenters. The molecule has 7 heteroatoms. The zero-order valence-corrected chi connectivity index (χ0v) is 13.7. The molecule has 1 aliphatic rings. The van der Waals surface area contributed by atoms with Gasteiger partial charge in [-0.05, 0) is 32.8 Å². The van der Waals surface area contributed by atoms with Gasteiger partial charge in [0.1, 0.15) is 11.3 Å². The van der Waals surface area contributed by atoms with Crippen molar-refractivity contribution < 1.29 is 14.4 Å². The third kappa shape index (κ3) is 3.01. The van der Waals surface area contributed by atoms with E-state index < -0.39 is 6.10 Å². The predicted octanol–water partition coefficient (Wildman–Crippen LogP) is 1.25. The minimum absolute atomic E-state index is 0.00751. The molecule has 1 amide bonds. The number of nitrogens with zero attached hydrogens (tertiary/aromatic N) is 3. The number of hydrogen-bond donors (Lipinski definition) is 2. The number of β-amino-alcohol motifs (C(OH)–C–C–N with tert-alkyl or cyclic N) is 1. The second kappa shape index (κ2) is 6.16. The van der Waals surface area contributed by atoms with Gasteiger partial charge in [0.15, 0.2) is 0 Å². The van der Waals surface area contributed by atoms with Crippen molar-refractivity contribution in [3.8, 4) is 0 Å². The number of aryl methyl sites for hydroxylation is 3. The van der Waals surface area contributed by atoms with Crippen LogP contribution < -0.4 is 0 Å². The average molecular weight is 318 g/mol. The maximum Gasteiger partial charge on any atom is 0.259 e. The number of rotatable bonds is 4. The van der Waals surface area contributed by atoms with Crippen molar-refractivity contribution in [3.63, 3.8) is 0 Å². The molecule has 1 saturated heterocycles. The highest BCUT2D eigenvalue weighted by molar-refractivity contribution is 5.96. The van der Waals surface area contributed by atoms with Gasteiger partial charge in [0, 0.05) is 24.7 Å². The van der Waals surface area contributed by atoms with Crippen LogP contribution in [0, 0.1) is 19.8 Å². The van der Waals surface area contributed by atoms with E-state index in [1.54, 1.807) is 11.8 Å². The summed E-state index contributed by atoms with van der Waals surface area (Å²) >= 11 is 0. The van der Waals surface area contributed by atoms with E-state index in [1.807, 2.05) is 19.9 Å². The summed E-state index contributed by atoms with van der Waals surface area (Å²) in [6.07, 6.45) is 0.754. The molecule has 7 nitrogen and oxygen atoms in total. The zero-order chi connectivity index (χ0) is 16.6. The summed E-state index contributed by atoms with van der Waals surface area (Å²) in [4.78, 5) is 14.4. The summed E-state index contributed by atoms with van der Waals surface area (Å²) in [5.41, 5.74) is 3.12. The Bertz CT molecular complexity index is 706. The molecule has 23 heavy (non-hydrogen) atoms. The lowest BCUT2D eigenvalue weighted by atomic mass is 10.00. The molecule has 0 saturated carbocycles. The summed E-state index contributed by atoms with van der Waals surface area (Å²) in [5, 5.41) is 21.3. The smallest absolute Gasteiger partial charge is 0.259 e. The monoisotopic (exact) mass is 318 g/mol. The first-order chi connectivity index (χ1) is 11.0. The van der Waals surface area contributed by atoms with Crippen molar-refractivity contribution in [1.29, 1.82) is 0 Å². The van der Waals surface area contributed by atoms with Gasteiger partial charge in [0.05, 0.1) is 17.5 Å². The molecule has 1 aliphatic heterocycles. The Morgan fingerprint density at radius 2 is 2.26 bits per heavy atom. The third-order valence-electron chi connectivity index (χ3n) is 4.41. The molecule has 2 N–H and O–H groups in total. The number of carbonyl (C=O) groups is 1. The van der Waals surface area contributed by atoms with Gasteiger partial charge < -0.3 is 14.5 Å². The van der Waals surface area contributed by atoms with Crippen molar-refractivity contribution in [2.24, 2.45) is 5.92 Å². The van der Waals surface area contributed by atoms with Crippen LogP contribution in [0.4, 0.5) is 0 Å². The summed E-state index contributed by atoms with van der Waals surface area (Å²) in [5.74, 6) is 0.417. The fraction of sp³-hybridized carbons (Fsp3) is 0.562. The van der Waals surface area contributed by atoms with Crippen LogP contribution >= 0.6 is 0 Å². The van der Waals surface area contributed by atoms with E-state index in [4.69, 9.17) is 4.52 Å². The van der Waals surface area contributed by atoms with Gasteiger partial charge in [-0.3, -0.25) is 9.89 Å². The topological polar surface area (TPSA) is 95.3 Å². The van der Waals surface area contributed by atoms with Crippen LogP contribution in [0.25, 0.3) is 0 Å². The van der Waals surface area contributed by atoms with Crippen molar-refractivity contribution in [2.45, 2.75) is 39.7 Å². The molecule has 124 valence electrons. The minimum Gasteiger partial charge on any atom is -0.391 e. The maximum absolute atomic E-state index is 12.7. The summed E-state index contributed by atoms with van der Waals surface area (Å²) in [7, 11) is 0. The first-order valence-corrected chi connectivity index (χ1v) is 7.93. The lowest BCUT2D eigenvalue weighted by Crippen LogP contribution is -2.30. The molecule has 3 rings (SSSR count). The van der Waals surface area contributed by atoms with E-state index >= 15 is 0 Å². The quantitative estimate of drug-likeness (QED) is 0.884. The number of aromatic amines is 1. The summed E-state index contributed by atoms with van der Waals surface area (Å²) in [6.45, 7) is 6.48. The van der Waals surface area contributed by atoms with Crippen LogP contribution in [0.3, 0.4) is 0 Å². The van der Waals surface area contributed by atoms with Crippen LogP contribution in [0.1, 0.15) is 40.1 Å². The molecular weight excluding hydrogens is 296 g/mol.